The zero-order valence-corrected chi connectivity index (χ0v) is 15.0. The van der Waals surface area contributed by atoms with E-state index in [1.807, 2.05) is 17.5 Å². The molecule has 0 aliphatic rings. The third-order valence-corrected chi connectivity index (χ3v) is 4.61. The van der Waals surface area contributed by atoms with E-state index in [-0.39, 0.29) is 5.82 Å². The first kappa shape index (κ1) is 17.6. The summed E-state index contributed by atoms with van der Waals surface area (Å²) in [6.07, 6.45) is 1.51. The topological polar surface area (TPSA) is 55.1 Å². The molecule has 0 atom stereocenters. The summed E-state index contributed by atoms with van der Waals surface area (Å²) >= 11 is 1.33. The lowest BCUT2D eigenvalue weighted by molar-refractivity contribution is 0.355. The van der Waals surface area contributed by atoms with E-state index < -0.39 is 0 Å². The molecule has 0 aliphatic heterocycles. The number of aromatic nitrogens is 1. The molecule has 0 unspecified atom stereocenters. The molecule has 26 heavy (non-hydrogen) atoms. The Morgan fingerprint density at radius 2 is 1.92 bits per heavy atom. The number of halogens is 1. The molecule has 0 aliphatic carbocycles. The van der Waals surface area contributed by atoms with Crippen molar-refractivity contribution in [3.8, 4) is 28.8 Å². The zero-order valence-electron chi connectivity index (χ0n) is 14.2. The summed E-state index contributed by atoms with van der Waals surface area (Å²) in [5, 5.41) is 11.8. The molecule has 130 valence electrons. The van der Waals surface area contributed by atoms with Gasteiger partial charge >= 0.3 is 0 Å². The van der Waals surface area contributed by atoms with E-state index in [1.165, 1.54) is 23.5 Å². The molecule has 0 radical (unpaired) electrons. The van der Waals surface area contributed by atoms with Crippen LogP contribution in [0.1, 0.15) is 10.6 Å². The van der Waals surface area contributed by atoms with Crippen molar-refractivity contribution >= 4 is 23.0 Å². The van der Waals surface area contributed by atoms with Gasteiger partial charge in [0.25, 0.3) is 0 Å². The normalized spacial score (nSPS) is 11.1. The van der Waals surface area contributed by atoms with Crippen molar-refractivity contribution in [3.05, 3.63) is 64.2 Å². The van der Waals surface area contributed by atoms with Gasteiger partial charge in [-0.05, 0) is 30.3 Å². The molecule has 2 aromatic carbocycles. The highest BCUT2D eigenvalue weighted by molar-refractivity contribution is 7.11. The maximum absolute atomic E-state index is 13.8. The van der Waals surface area contributed by atoms with E-state index in [0.29, 0.717) is 33.3 Å². The standard InChI is InChI=1S/C20H15FN2O2S/c1-24-18-8-7-14(10-19(18)25-2)17-12-26-20(23-17)15(11-22)9-13-5-3-4-6-16(13)21/h3-10,12H,1-2H3. The van der Waals surface area contributed by atoms with Gasteiger partial charge in [0, 0.05) is 16.5 Å². The van der Waals surface area contributed by atoms with E-state index in [9.17, 15) is 9.65 Å². The molecule has 4 nitrogen and oxygen atoms in total. The Morgan fingerprint density at radius 3 is 2.62 bits per heavy atom. The highest BCUT2D eigenvalue weighted by Crippen LogP contribution is 2.34. The molecule has 3 rings (SSSR count). The summed E-state index contributed by atoms with van der Waals surface area (Å²) in [4.78, 5) is 4.52. The van der Waals surface area contributed by atoms with Crippen molar-refractivity contribution in [1.82, 2.24) is 4.98 Å². The van der Waals surface area contributed by atoms with Gasteiger partial charge in [0.1, 0.15) is 16.9 Å². The minimum absolute atomic E-state index is 0.312. The van der Waals surface area contributed by atoms with E-state index in [4.69, 9.17) is 9.47 Å². The van der Waals surface area contributed by atoms with Crippen molar-refractivity contribution in [2.45, 2.75) is 0 Å². The number of ether oxygens (including phenoxy) is 2. The van der Waals surface area contributed by atoms with Crippen LogP contribution < -0.4 is 9.47 Å². The molecule has 3 aromatic rings. The van der Waals surface area contributed by atoms with E-state index in [1.54, 1.807) is 38.5 Å². The Bertz CT molecular complexity index is 1010. The molecule has 0 N–H and O–H groups in total. The van der Waals surface area contributed by atoms with E-state index in [2.05, 4.69) is 11.1 Å². The fraction of sp³-hybridized carbons (Fsp3) is 0.100. The zero-order chi connectivity index (χ0) is 18.5. The molecular formula is C20H15FN2O2S. The Balaban J connectivity index is 1.97. The van der Waals surface area contributed by atoms with Crippen molar-refractivity contribution in [2.75, 3.05) is 14.2 Å². The van der Waals surface area contributed by atoms with Crippen LogP contribution in [0.4, 0.5) is 4.39 Å². The summed E-state index contributed by atoms with van der Waals surface area (Å²) in [6.45, 7) is 0. The monoisotopic (exact) mass is 366 g/mol. The maximum Gasteiger partial charge on any atom is 0.161 e. The van der Waals surface area contributed by atoms with Crippen LogP contribution in [-0.2, 0) is 0 Å². The number of rotatable bonds is 5. The lowest BCUT2D eigenvalue weighted by atomic mass is 10.1. The first-order valence-corrected chi connectivity index (χ1v) is 8.59. The first-order chi connectivity index (χ1) is 12.7. The second-order valence-electron chi connectivity index (χ2n) is 5.30. The van der Waals surface area contributed by atoms with Gasteiger partial charge in [-0.2, -0.15) is 5.26 Å². The summed E-state index contributed by atoms with van der Waals surface area (Å²) in [7, 11) is 3.14. The lowest BCUT2D eigenvalue weighted by Crippen LogP contribution is -1.91. The molecule has 1 aromatic heterocycles. The number of nitriles is 1. The van der Waals surface area contributed by atoms with Gasteiger partial charge in [-0.1, -0.05) is 18.2 Å². The predicted molar refractivity (Wildman–Crippen MR) is 101 cm³/mol. The Morgan fingerprint density at radius 1 is 1.15 bits per heavy atom. The Hall–Kier alpha value is -3.17. The number of methoxy groups -OCH3 is 2. The van der Waals surface area contributed by atoms with Crippen LogP contribution in [0.2, 0.25) is 0 Å². The molecule has 0 saturated heterocycles. The SMILES string of the molecule is COc1ccc(-c2csc(C(C#N)=Cc3ccccc3F)n2)cc1OC. The second kappa shape index (κ2) is 7.81. The van der Waals surface area contributed by atoms with Crippen molar-refractivity contribution < 1.29 is 13.9 Å². The third-order valence-electron chi connectivity index (χ3n) is 3.74. The highest BCUT2D eigenvalue weighted by atomic mass is 32.1. The molecule has 0 fully saturated rings. The van der Waals surface area contributed by atoms with Gasteiger partial charge in [0.2, 0.25) is 0 Å². The van der Waals surface area contributed by atoms with Crippen LogP contribution in [0.3, 0.4) is 0 Å². The van der Waals surface area contributed by atoms with Gasteiger partial charge in [-0.15, -0.1) is 11.3 Å². The fourth-order valence-electron chi connectivity index (χ4n) is 2.42. The van der Waals surface area contributed by atoms with Gasteiger partial charge in [0.05, 0.1) is 25.5 Å². The smallest absolute Gasteiger partial charge is 0.161 e. The van der Waals surface area contributed by atoms with Crippen molar-refractivity contribution in [3.63, 3.8) is 0 Å². The number of thiazole rings is 1. The van der Waals surface area contributed by atoms with Gasteiger partial charge in [-0.3, -0.25) is 0 Å². The molecule has 0 saturated carbocycles. The molecule has 1 heterocycles. The number of nitrogens with zero attached hydrogens (tertiary/aromatic N) is 2. The fourth-order valence-corrected chi connectivity index (χ4v) is 3.21. The van der Waals surface area contributed by atoms with Gasteiger partial charge in [-0.25, -0.2) is 9.37 Å². The van der Waals surface area contributed by atoms with E-state index in [0.717, 1.165) is 5.56 Å². The number of allylic oxidation sites excluding steroid dienone is 1. The summed E-state index contributed by atoms with van der Waals surface area (Å²) in [6, 6.07) is 13.9. The van der Waals surface area contributed by atoms with Crippen LogP contribution >= 0.6 is 11.3 Å². The quantitative estimate of drug-likeness (QED) is 0.594. The van der Waals surface area contributed by atoms with Crippen molar-refractivity contribution in [2.24, 2.45) is 0 Å². The third kappa shape index (κ3) is 3.58. The Kier molecular flexibility index (Phi) is 5.30. The molecule has 0 spiro atoms. The van der Waals surface area contributed by atoms with Crippen LogP contribution in [-0.4, -0.2) is 19.2 Å². The van der Waals surface area contributed by atoms with Crippen LogP contribution in [0.5, 0.6) is 11.5 Å². The number of hydrogen-bond donors (Lipinski definition) is 0. The maximum atomic E-state index is 13.8. The number of benzene rings is 2. The molecular weight excluding hydrogens is 351 g/mol. The average Bonchev–Trinajstić information content (AvgIpc) is 3.16. The predicted octanol–water partition coefficient (Wildman–Crippen LogP) is 5.03. The van der Waals surface area contributed by atoms with Crippen LogP contribution in [0.15, 0.2) is 47.8 Å². The van der Waals surface area contributed by atoms with Gasteiger partial charge < -0.3 is 9.47 Å². The van der Waals surface area contributed by atoms with Crippen LogP contribution in [0.25, 0.3) is 22.9 Å². The average molecular weight is 366 g/mol. The largest absolute Gasteiger partial charge is 0.493 e. The summed E-state index contributed by atoms with van der Waals surface area (Å²) in [5.41, 5.74) is 2.22. The molecule has 0 amide bonds. The summed E-state index contributed by atoms with van der Waals surface area (Å²) in [5.74, 6) is 0.850. The Labute approximate surface area is 154 Å². The van der Waals surface area contributed by atoms with Crippen LogP contribution in [0, 0.1) is 17.1 Å². The van der Waals surface area contributed by atoms with Gasteiger partial charge in [0.15, 0.2) is 11.5 Å². The first-order valence-electron chi connectivity index (χ1n) is 7.71. The number of hydrogen-bond acceptors (Lipinski definition) is 5. The summed E-state index contributed by atoms with van der Waals surface area (Å²) < 4.78 is 24.4. The minimum Gasteiger partial charge on any atom is -0.493 e. The van der Waals surface area contributed by atoms with Crippen molar-refractivity contribution in [1.29, 1.82) is 5.26 Å². The van der Waals surface area contributed by atoms with E-state index >= 15 is 0 Å². The molecule has 6 heteroatoms. The highest BCUT2D eigenvalue weighted by Gasteiger charge is 2.12. The molecule has 0 bridgehead atoms. The lowest BCUT2D eigenvalue weighted by Gasteiger charge is -2.08. The minimum atomic E-state index is -0.378. The second-order valence-corrected chi connectivity index (χ2v) is 6.16.